The highest BCUT2D eigenvalue weighted by Crippen LogP contribution is 2.33. The zero-order valence-corrected chi connectivity index (χ0v) is 14.4. The van der Waals surface area contributed by atoms with Crippen LogP contribution in [0, 0.1) is 0 Å². The molecule has 0 amide bonds. The molecule has 8 heteroatoms. The number of rotatable bonds is 2. The monoisotopic (exact) mass is 377 g/mol. The van der Waals surface area contributed by atoms with E-state index in [2.05, 4.69) is 10.1 Å². The summed E-state index contributed by atoms with van der Waals surface area (Å²) in [6, 6.07) is 5.12. The van der Waals surface area contributed by atoms with Crippen LogP contribution in [-0.4, -0.2) is 15.9 Å². The van der Waals surface area contributed by atoms with Gasteiger partial charge < -0.3 is 0 Å². The molecule has 4 rings (SSSR count). The van der Waals surface area contributed by atoms with Crippen molar-refractivity contribution in [3.8, 4) is 0 Å². The zero-order valence-electron chi connectivity index (χ0n) is 13.6. The Bertz CT molecular complexity index is 1070. The normalized spacial score (nSPS) is 14.9. The van der Waals surface area contributed by atoms with Gasteiger partial charge in [0.15, 0.2) is 0 Å². The topological polar surface area (TPSA) is 47.2 Å². The second-order valence-corrected chi connectivity index (χ2v) is 7.20. The lowest BCUT2D eigenvalue weighted by Crippen LogP contribution is -2.18. The fraction of sp³-hybridized carbons (Fsp3) is 0.278. The summed E-state index contributed by atoms with van der Waals surface area (Å²) in [6.45, 7) is 0. The van der Waals surface area contributed by atoms with Crippen LogP contribution in [0.4, 0.5) is 13.2 Å². The summed E-state index contributed by atoms with van der Waals surface area (Å²) in [6.07, 6.45) is 1.72. The van der Waals surface area contributed by atoms with Crippen LogP contribution in [-0.2, 0) is 19.0 Å². The van der Waals surface area contributed by atoms with E-state index in [4.69, 9.17) is 0 Å². The van der Waals surface area contributed by atoms with E-state index in [0.717, 1.165) is 48.2 Å². The number of thiophene rings is 1. The van der Waals surface area contributed by atoms with Gasteiger partial charge >= 0.3 is 6.18 Å². The van der Waals surface area contributed by atoms with E-state index < -0.39 is 11.7 Å². The molecule has 0 spiro atoms. The Labute approximate surface area is 150 Å². The summed E-state index contributed by atoms with van der Waals surface area (Å²) >= 11 is 1.52. The second kappa shape index (κ2) is 6.35. The lowest BCUT2D eigenvalue weighted by molar-refractivity contribution is -0.137. The minimum absolute atomic E-state index is 0.0978. The first-order valence-electron chi connectivity index (χ1n) is 8.17. The number of aryl methyl sites for hydroxylation is 2. The maximum Gasteiger partial charge on any atom is 0.417 e. The van der Waals surface area contributed by atoms with Gasteiger partial charge in [-0.2, -0.15) is 22.9 Å². The van der Waals surface area contributed by atoms with Gasteiger partial charge in [0.05, 0.1) is 17.2 Å². The standard InChI is InChI=1S/C18H14F3N3OS/c19-18(20,21)13-7-3-1-5-11(13)9-23-24-10-22-16-15(17(24)25)12-6-2-4-8-14(12)26-16/h1,3,5,7,9-10H,2,4,6,8H2/b23-9+. The smallest absolute Gasteiger partial charge is 0.267 e. The van der Waals surface area contributed by atoms with Gasteiger partial charge in [-0.3, -0.25) is 4.79 Å². The summed E-state index contributed by atoms with van der Waals surface area (Å²) in [5.41, 5.74) is -0.206. The third-order valence-electron chi connectivity index (χ3n) is 4.45. The van der Waals surface area contributed by atoms with Crippen LogP contribution in [0.1, 0.15) is 34.4 Å². The van der Waals surface area contributed by atoms with E-state index in [1.165, 1.54) is 40.7 Å². The molecular weight excluding hydrogens is 363 g/mol. The van der Waals surface area contributed by atoms with E-state index in [1.54, 1.807) is 0 Å². The Kier molecular flexibility index (Phi) is 4.14. The molecule has 1 aromatic carbocycles. The first-order valence-corrected chi connectivity index (χ1v) is 8.99. The lowest BCUT2D eigenvalue weighted by Gasteiger charge is -2.10. The Hall–Kier alpha value is -2.48. The average molecular weight is 377 g/mol. The number of hydrogen-bond donors (Lipinski definition) is 0. The first-order chi connectivity index (χ1) is 12.4. The molecule has 4 nitrogen and oxygen atoms in total. The predicted molar refractivity (Wildman–Crippen MR) is 95.0 cm³/mol. The molecule has 0 bridgehead atoms. The van der Waals surface area contributed by atoms with Crippen LogP contribution < -0.4 is 5.56 Å². The van der Waals surface area contributed by atoms with E-state index in [9.17, 15) is 18.0 Å². The fourth-order valence-corrected chi connectivity index (χ4v) is 4.43. The molecule has 0 fully saturated rings. The van der Waals surface area contributed by atoms with Crippen molar-refractivity contribution in [2.24, 2.45) is 5.10 Å². The molecule has 0 unspecified atom stereocenters. The summed E-state index contributed by atoms with van der Waals surface area (Å²) < 4.78 is 40.2. The maximum atomic E-state index is 13.1. The molecule has 0 saturated carbocycles. The van der Waals surface area contributed by atoms with Crippen molar-refractivity contribution < 1.29 is 13.2 Å². The van der Waals surface area contributed by atoms with Crippen LogP contribution in [0.2, 0.25) is 0 Å². The number of alkyl halides is 3. The molecule has 134 valence electrons. The minimum Gasteiger partial charge on any atom is -0.267 e. The molecule has 0 saturated heterocycles. The van der Waals surface area contributed by atoms with Crippen molar-refractivity contribution in [2.45, 2.75) is 31.9 Å². The predicted octanol–water partition coefficient (Wildman–Crippen LogP) is 4.24. The van der Waals surface area contributed by atoms with Crippen molar-refractivity contribution in [1.82, 2.24) is 9.66 Å². The third kappa shape index (κ3) is 2.94. The van der Waals surface area contributed by atoms with Gasteiger partial charge in [0.25, 0.3) is 5.56 Å². The molecule has 0 atom stereocenters. The average Bonchev–Trinajstić information content (AvgIpc) is 3.00. The van der Waals surface area contributed by atoms with Crippen molar-refractivity contribution in [3.05, 3.63) is 62.5 Å². The molecule has 2 heterocycles. The fourth-order valence-electron chi connectivity index (χ4n) is 3.21. The number of benzene rings is 1. The highest BCUT2D eigenvalue weighted by atomic mass is 32.1. The van der Waals surface area contributed by atoms with E-state index >= 15 is 0 Å². The van der Waals surface area contributed by atoms with Crippen LogP contribution >= 0.6 is 11.3 Å². The summed E-state index contributed by atoms with van der Waals surface area (Å²) in [7, 11) is 0. The van der Waals surface area contributed by atoms with Crippen molar-refractivity contribution in [1.29, 1.82) is 0 Å². The van der Waals surface area contributed by atoms with Gasteiger partial charge in [-0.15, -0.1) is 11.3 Å². The van der Waals surface area contributed by atoms with Gasteiger partial charge in [0, 0.05) is 10.4 Å². The molecule has 1 aliphatic carbocycles. The van der Waals surface area contributed by atoms with Crippen LogP contribution in [0.25, 0.3) is 10.2 Å². The lowest BCUT2D eigenvalue weighted by atomic mass is 9.97. The number of halogens is 3. The largest absolute Gasteiger partial charge is 0.417 e. The molecule has 26 heavy (non-hydrogen) atoms. The van der Waals surface area contributed by atoms with E-state index in [-0.39, 0.29) is 11.1 Å². The minimum atomic E-state index is -4.48. The molecule has 3 aromatic rings. The third-order valence-corrected chi connectivity index (χ3v) is 5.65. The Balaban J connectivity index is 1.78. The Morgan fingerprint density at radius 1 is 1.19 bits per heavy atom. The Morgan fingerprint density at radius 2 is 1.96 bits per heavy atom. The van der Waals surface area contributed by atoms with Crippen molar-refractivity contribution in [3.63, 3.8) is 0 Å². The summed E-state index contributed by atoms with van der Waals surface area (Å²) in [5.74, 6) is 0. The molecule has 0 N–H and O–H groups in total. The second-order valence-electron chi connectivity index (χ2n) is 6.11. The number of nitrogens with zero attached hydrogens (tertiary/aromatic N) is 3. The Morgan fingerprint density at radius 3 is 2.77 bits per heavy atom. The molecular formula is C18H14F3N3OS. The van der Waals surface area contributed by atoms with Crippen molar-refractivity contribution >= 4 is 27.8 Å². The molecule has 0 aliphatic heterocycles. The van der Waals surface area contributed by atoms with E-state index in [1.807, 2.05) is 0 Å². The molecule has 0 radical (unpaired) electrons. The van der Waals surface area contributed by atoms with Gasteiger partial charge in [-0.25, -0.2) is 4.98 Å². The summed E-state index contributed by atoms with van der Waals surface area (Å²) in [5, 5.41) is 4.50. The maximum absolute atomic E-state index is 13.1. The van der Waals surface area contributed by atoms with Gasteiger partial charge in [-0.05, 0) is 37.3 Å². The number of aromatic nitrogens is 2. The molecule has 2 aromatic heterocycles. The SMILES string of the molecule is O=c1c2c3c(sc2ncn1/N=C/c1ccccc1C(F)(F)F)CCCC3. The highest BCUT2D eigenvalue weighted by molar-refractivity contribution is 7.18. The van der Waals surface area contributed by atoms with Crippen molar-refractivity contribution in [2.75, 3.05) is 0 Å². The summed E-state index contributed by atoms with van der Waals surface area (Å²) in [4.78, 5) is 18.9. The highest BCUT2D eigenvalue weighted by Gasteiger charge is 2.32. The van der Waals surface area contributed by atoms with Gasteiger partial charge in [0.2, 0.25) is 0 Å². The quantitative estimate of drug-likeness (QED) is 0.627. The first kappa shape index (κ1) is 17.0. The van der Waals surface area contributed by atoms with Gasteiger partial charge in [0.1, 0.15) is 11.2 Å². The van der Waals surface area contributed by atoms with Gasteiger partial charge in [-0.1, -0.05) is 18.2 Å². The van der Waals surface area contributed by atoms with Crippen LogP contribution in [0.15, 0.2) is 40.5 Å². The van der Waals surface area contributed by atoms with Crippen LogP contribution in [0.3, 0.4) is 0 Å². The number of hydrogen-bond acceptors (Lipinski definition) is 4. The number of fused-ring (bicyclic) bond motifs is 3. The van der Waals surface area contributed by atoms with Crippen LogP contribution in [0.5, 0.6) is 0 Å². The molecule has 1 aliphatic rings. The zero-order chi connectivity index (χ0) is 18.3. The van der Waals surface area contributed by atoms with E-state index in [0.29, 0.717) is 10.2 Å².